The van der Waals surface area contributed by atoms with Crippen LogP contribution in [-0.2, 0) is 4.79 Å². The van der Waals surface area contributed by atoms with Gasteiger partial charge in [-0.25, -0.2) is 4.98 Å². The summed E-state index contributed by atoms with van der Waals surface area (Å²) in [6.07, 6.45) is 2.47. The number of carbonyl (C=O) groups excluding carboxylic acids is 1. The average molecular weight is 395 g/mol. The van der Waals surface area contributed by atoms with Crippen molar-refractivity contribution in [2.75, 3.05) is 35.8 Å². The van der Waals surface area contributed by atoms with Crippen LogP contribution in [0.15, 0.2) is 30.5 Å². The van der Waals surface area contributed by atoms with Crippen LogP contribution in [0.25, 0.3) is 0 Å². The van der Waals surface area contributed by atoms with E-state index in [0.29, 0.717) is 30.0 Å². The maximum Gasteiger partial charge on any atom is 0.233 e. The molecule has 8 heteroatoms. The molecule has 2 aromatic rings. The van der Waals surface area contributed by atoms with Crippen molar-refractivity contribution < 1.29 is 14.3 Å². The molecule has 0 aliphatic heterocycles. The van der Waals surface area contributed by atoms with Crippen molar-refractivity contribution in [3.8, 4) is 0 Å². The number of rotatable bonds is 8. The molecule has 0 aliphatic rings. The van der Waals surface area contributed by atoms with E-state index in [0.717, 1.165) is 12.1 Å². The van der Waals surface area contributed by atoms with Gasteiger partial charge in [-0.2, -0.15) is 4.39 Å². The Balaban J connectivity index is 2.38. The average Bonchev–Trinajstić information content (AvgIpc) is 2.58. The van der Waals surface area contributed by atoms with Gasteiger partial charge in [0.1, 0.15) is 5.02 Å². The number of nitrogens with one attached hydrogen (secondary N) is 1. The van der Waals surface area contributed by atoms with Crippen LogP contribution >= 0.6 is 11.6 Å². The lowest BCUT2D eigenvalue weighted by Crippen LogP contribution is -2.31. The molecule has 27 heavy (non-hydrogen) atoms. The number of hydrogen-bond acceptors (Lipinski definition) is 5. The van der Waals surface area contributed by atoms with Gasteiger partial charge in [0.2, 0.25) is 12.4 Å². The molecule has 0 bridgehead atoms. The lowest BCUT2D eigenvalue weighted by molar-refractivity contribution is -0.107. The maximum absolute atomic E-state index is 13.6. The molecule has 146 valence electrons. The zero-order chi connectivity index (χ0) is 20.2. The van der Waals surface area contributed by atoms with E-state index >= 15 is 0 Å². The maximum atomic E-state index is 13.6. The Morgan fingerprint density at radius 1 is 1.30 bits per heavy atom. The van der Waals surface area contributed by atoms with Gasteiger partial charge in [-0.15, -0.1) is 0 Å². The molecule has 0 aliphatic carbocycles. The minimum absolute atomic E-state index is 0.106. The summed E-state index contributed by atoms with van der Waals surface area (Å²) >= 11 is 5.95. The van der Waals surface area contributed by atoms with Gasteiger partial charge in [0, 0.05) is 32.5 Å². The summed E-state index contributed by atoms with van der Waals surface area (Å²) in [4.78, 5) is 18.6. The Labute approximate surface area is 163 Å². The van der Waals surface area contributed by atoms with Gasteiger partial charge in [-0.3, -0.25) is 4.79 Å². The summed E-state index contributed by atoms with van der Waals surface area (Å²) < 4.78 is 13.6. The van der Waals surface area contributed by atoms with E-state index in [1.54, 1.807) is 26.0 Å². The summed E-state index contributed by atoms with van der Waals surface area (Å²) in [5.41, 5.74) is 1.61. The first-order chi connectivity index (χ1) is 12.6. The quantitative estimate of drug-likeness (QED) is 0.526. The number of hydrogen-bond donors (Lipinski definition) is 2. The number of anilines is 4. The molecule has 0 saturated carbocycles. The van der Waals surface area contributed by atoms with Crippen molar-refractivity contribution in [2.45, 2.75) is 25.9 Å². The zero-order valence-corrected chi connectivity index (χ0v) is 16.6. The molecule has 0 spiro atoms. The van der Waals surface area contributed by atoms with Crippen molar-refractivity contribution in [3.05, 3.63) is 41.4 Å². The topological polar surface area (TPSA) is 68.7 Å². The van der Waals surface area contributed by atoms with Crippen LogP contribution in [-0.4, -0.2) is 42.7 Å². The van der Waals surface area contributed by atoms with Gasteiger partial charge >= 0.3 is 0 Å². The molecule has 6 nitrogen and oxygen atoms in total. The van der Waals surface area contributed by atoms with Crippen molar-refractivity contribution in [1.29, 1.82) is 0 Å². The minimum atomic E-state index is -0.891. The van der Waals surface area contributed by atoms with Gasteiger partial charge in [0.05, 0.1) is 22.7 Å². The number of aromatic nitrogens is 1. The highest BCUT2D eigenvalue weighted by Gasteiger charge is 2.18. The predicted molar refractivity (Wildman–Crippen MR) is 108 cm³/mol. The van der Waals surface area contributed by atoms with E-state index in [-0.39, 0.29) is 5.02 Å². The number of amides is 1. The SMILES string of the molecule is CN(C)c1ccc(Nc2ccnc(F)c2Cl)cc1N(C=O)CCC(C)(C)O. The second-order valence-corrected chi connectivity index (χ2v) is 7.43. The number of halogens is 2. The highest BCUT2D eigenvalue weighted by molar-refractivity contribution is 6.33. The molecule has 2 N–H and O–H groups in total. The lowest BCUT2D eigenvalue weighted by Gasteiger charge is -2.27. The first-order valence-corrected chi connectivity index (χ1v) is 8.83. The predicted octanol–water partition coefficient (Wildman–Crippen LogP) is 3.81. The third-order valence-corrected chi connectivity index (χ3v) is 4.34. The highest BCUT2D eigenvalue weighted by Crippen LogP contribution is 2.34. The summed E-state index contributed by atoms with van der Waals surface area (Å²) in [7, 11) is 3.75. The standard InChI is InChI=1S/C19H24ClFN4O2/c1-19(2,27)8-10-25(12-26)16-11-13(5-6-15(16)24(3)4)23-14-7-9-22-18(21)17(14)20/h5-7,9,11-12,27H,8,10H2,1-4H3,(H,22,23). The summed E-state index contributed by atoms with van der Waals surface area (Å²) in [6.45, 7) is 3.74. The van der Waals surface area contributed by atoms with Crippen molar-refractivity contribution in [2.24, 2.45) is 0 Å². The molecule has 0 unspecified atom stereocenters. The first kappa shape index (κ1) is 20.9. The van der Waals surface area contributed by atoms with Crippen LogP contribution in [0.2, 0.25) is 5.02 Å². The van der Waals surface area contributed by atoms with Gasteiger partial charge in [-0.05, 0) is 44.5 Å². The number of pyridine rings is 1. The summed E-state index contributed by atoms with van der Waals surface area (Å²) in [5, 5.41) is 12.9. The zero-order valence-electron chi connectivity index (χ0n) is 15.8. The van der Waals surface area contributed by atoms with Gasteiger partial charge < -0.3 is 20.2 Å². The van der Waals surface area contributed by atoms with Crippen LogP contribution in [0.4, 0.5) is 27.1 Å². The number of benzene rings is 1. The van der Waals surface area contributed by atoms with Gasteiger partial charge in [-0.1, -0.05) is 11.6 Å². The molecule has 0 saturated heterocycles. The minimum Gasteiger partial charge on any atom is -0.390 e. The van der Waals surface area contributed by atoms with Crippen LogP contribution in [0.1, 0.15) is 20.3 Å². The molecule has 1 aromatic heterocycles. The van der Waals surface area contributed by atoms with Crippen molar-refractivity contribution in [3.63, 3.8) is 0 Å². The van der Waals surface area contributed by atoms with Gasteiger partial charge in [0.15, 0.2) is 0 Å². The van der Waals surface area contributed by atoms with E-state index in [1.165, 1.54) is 11.1 Å². The second-order valence-electron chi connectivity index (χ2n) is 7.05. The number of aliphatic hydroxyl groups is 1. The summed E-state index contributed by atoms with van der Waals surface area (Å²) in [5.74, 6) is -0.758. The van der Waals surface area contributed by atoms with E-state index in [4.69, 9.17) is 11.6 Å². The van der Waals surface area contributed by atoms with E-state index in [9.17, 15) is 14.3 Å². The molecule has 0 fully saturated rings. The lowest BCUT2D eigenvalue weighted by atomic mass is 10.1. The van der Waals surface area contributed by atoms with E-state index < -0.39 is 11.5 Å². The Kier molecular flexibility index (Phi) is 6.62. The van der Waals surface area contributed by atoms with Crippen LogP contribution in [0.5, 0.6) is 0 Å². The molecule has 0 radical (unpaired) electrons. The normalized spacial score (nSPS) is 11.2. The van der Waals surface area contributed by atoms with Gasteiger partial charge in [0.25, 0.3) is 0 Å². The van der Waals surface area contributed by atoms with Crippen LogP contribution < -0.4 is 15.1 Å². The Morgan fingerprint density at radius 2 is 2.00 bits per heavy atom. The third kappa shape index (κ3) is 5.55. The molecule has 0 atom stereocenters. The second kappa shape index (κ2) is 8.54. The Bertz CT molecular complexity index is 809. The number of carbonyl (C=O) groups is 1. The third-order valence-electron chi connectivity index (χ3n) is 3.98. The van der Waals surface area contributed by atoms with Crippen LogP contribution in [0.3, 0.4) is 0 Å². The fourth-order valence-corrected chi connectivity index (χ4v) is 2.66. The van der Waals surface area contributed by atoms with Crippen molar-refractivity contribution >= 4 is 40.8 Å². The Hall–Kier alpha value is -2.38. The van der Waals surface area contributed by atoms with E-state index in [2.05, 4.69) is 10.3 Å². The molecular weight excluding hydrogens is 371 g/mol. The van der Waals surface area contributed by atoms with Crippen LogP contribution in [0, 0.1) is 5.95 Å². The highest BCUT2D eigenvalue weighted by atomic mass is 35.5. The van der Waals surface area contributed by atoms with E-state index in [1.807, 2.05) is 31.1 Å². The largest absolute Gasteiger partial charge is 0.390 e. The fourth-order valence-electron chi connectivity index (χ4n) is 2.50. The molecule has 1 aromatic carbocycles. The number of nitrogens with zero attached hydrogens (tertiary/aromatic N) is 3. The van der Waals surface area contributed by atoms with Crippen molar-refractivity contribution in [1.82, 2.24) is 4.98 Å². The molecule has 2 rings (SSSR count). The Morgan fingerprint density at radius 3 is 2.59 bits per heavy atom. The molecule has 1 amide bonds. The summed E-state index contributed by atoms with van der Waals surface area (Å²) in [6, 6.07) is 7.01. The molecule has 1 heterocycles. The fraction of sp³-hybridized carbons (Fsp3) is 0.368. The molecular formula is C19H24ClFN4O2. The monoisotopic (exact) mass is 394 g/mol. The first-order valence-electron chi connectivity index (χ1n) is 8.45. The smallest absolute Gasteiger partial charge is 0.233 e.